The van der Waals surface area contributed by atoms with Crippen LogP contribution in [0.3, 0.4) is 0 Å². The Morgan fingerprint density at radius 2 is 2.00 bits per heavy atom. The third-order valence-corrected chi connectivity index (χ3v) is 3.01. The second-order valence-corrected chi connectivity index (χ2v) is 4.96. The largest absolute Gasteiger partial charge is 0.379 e. The number of hydrogen-bond donors (Lipinski definition) is 2. The van der Waals surface area contributed by atoms with Crippen LogP contribution in [0, 0.1) is 5.92 Å². The molecule has 0 radical (unpaired) electrons. The van der Waals surface area contributed by atoms with E-state index in [1.807, 2.05) is 13.0 Å². The lowest BCUT2D eigenvalue weighted by Gasteiger charge is -2.10. The first kappa shape index (κ1) is 15.0. The van der Waals surface area contributed by atoms with Crippen LogP contribution in [-0.4, -0.2) is 43.4 Å². The summed E-state index contributed by atoms with van der Waals surface area (Å²) in [5.74, 6) is 3.10. The van der Waals surface area contributed by atoms with Crippen LogP contribution in [-0.2, 0) is 16.1 Å². The molecule has 0 saturated heterocycles. The summed E-state index contributed by atoms with van der Waals surface area (Å²) in [7, 11) is 1.64. The van der Waals surface area contributed by atoms with Gasteiger partial charge < -0.3 is 20.1 Å². The van der Waals surface area contributed by atoms with E-state index in [0.29, 0.717) is 19.0 Å². The number of aromatic nitrogens is 2. The van der Waals surface area contributed by atoms with E-state index in [9.17, 15) is 0 Å². The molecule has 1 aromatic rings. The standard InChI is InChI=1S/C14H24N4O2/c1-3-15-12-8-13(18-14(17-12)10-19-2)16-6-7-20-9-11-4-5-11/h8,11H,3-7,9-10H2,1-2H3,(H2,15,16,17,18). The summed E-state index contributed by atoms with van der Waals surface area (Å²) in [6, 6.07) is 1.91. The highest BCUT2D eigenvalue weighted by molar-refractivity contribution is 5.47. The van der Waals surface area contributed by atoms with Gasteiger partial charge in [0, 0.05) is 32.9 Å². The van der Waals surface area contributed by atoms with Gasteiger partial charge in [0.1, 0.15) is 18.2 Å². The van der Waals surface area contributed by atoms with Crippen LogP contribution in [0.2, 0.25) is 0 Å². The van der Waals surface area contributed by atoms with Crippen LogP contribution < -0.4 is 10.6 Å². The number of ether oxygens (including phenoxy) is 2. The number of rotatable bonds is 10. The second-order valence-electron chi connectivity index (χ2n) is 4.96. The molecule has 0 bridgehead atoms. The highest BCUT2D eigenvalue weighted by atomic mass is 16.5. The normalized spacial score (nSPS) is 14.3. The Hall–Kier alpha value is -1.40. The van der Waals surface area contributed by atoms with Gasteiger partial charge in [-0.3, -0.25) is 0 Å². The molecule has 1 heterocycles. The van der Waals surface area contributed by atoms with E-state index in [1.165, 1.54) is 12.8 Å². The van der Waals surface area contributed by atoms with Gasteiger partial charge in [0.2, 0.25) is 0 Å². The van der Waals surface area contributed by atoms with E-state index in [2.05, 4.69) is 20.6 Å². The Bertz CT molecular complexity index is 386. The van der Waals surface area contributed by atoms with Crippen molar-refractivity contribution in [3.05, 3.63) is 11.9 Å². The average molecular weight is 280 g/mol. The lowest BCUT2D eigenvalue weighted by Crippen LogP contribution is -2.13. The summed E-state index contributed by atoms with van der Waals surface area (Å²) in [6.07, 6.45) is 2.65. The maximum atomic E-state index is 5.59. The van der Waals surface area contributed by atoms with E-state index in [-0.39, 0.29) is 0 Å². The summed E-state index contributed by atoms with van der Waals surface area (Å²) < 4.78 is 10.7. The Morgan fingerprint density at radius 1 is 1.25 bits per heavy atom. The Kier molecular flexibility index (Phi) is 6.01. The summed E-state index contributed by atoms with van der Waals surface area (Å²) >= 11 is 0. The molecule has 2 rings (SSSR count). The molecule has 0 amide bonds. The van der Waals surface area contributed by atoms with Gasteiger partial charge in [-0.15, -0.1) is 0 Å². The van der Waals surface area contributed by atoms with Crippen LogP contribution in [0.4, 0.5) is 11.6 Å². The molecule has 6 heteroatoms. The van der Waals surface area contributed by atoms with E-state index in [1.54, 1.807) is 7.11 Å². The molecule has 0 spiro atoms. The predicted octanol–water partition coefficient (Wildman–Crippen LogP) is 1.89. The molecule has 0 aromatic carbocycles. The van der Waals surface area contributed by atoms with Crippen molar-refractivity contribution >= 4 is 11.6 Å². The van der Waals surface area contributed by atoms with E-state index >= 15 is 0 Å². The summed E-state index contributed by atoms with van der Waals surface area (Å²) in [4.78, 5) is 8.78. The van der Waals surface area contributed by atoms with Crippen molar-refractivity contribution in [1.29, 1.82) is 0 Å². The fraction of sp³-hybridized carbons (Fsp3) is 0.714. The summed E-state index contributed by atoms with van der Waals surface area (Å²) in [6.45, 7) is 5.62. The first-order chi connectivity index (χ1) is 9.81. The van der Waals surface area contributed by atoms with Gasteiger partial charge in [-0.2, -0.15) is 0 Å². The Labute approximate surface area is 120 Å². The smallest absolute Gasteiger partial charge is 0.158 e. The van der Waals surface area contributed by atoms with Gasteiger partial charge in [0.15, 0.2) is 5.82 Å². The van der Waals surface area contributed by atoms with Gasteiger partial charge in [0.05, 0.1) is 6.61 Å². The lowest BCUT2D eigenvalue weighted by molar-refractivity contribution is 0.134. The molecule has 112 valence electrons. The van der Waals surface area contributed by atoms with E-state index in [4.69, 9.17) is 9.47 Å². The van der Waals surface area contributed by atoms with Crippen molar-refractivity contribution in [1.82, 2.24) is 9.97 Å². The molecule has 0 aliphatic heterocycles. The fourth-order valence-corrected chi connectivity index (χ4v) is 1.84. The van der Waals surface area contributed by atoms with Crippen molar-refractivity contribution in [2.24, 2.45) is 5.92 Å². The molecule has 0 unspecified atom stereocenters. The average Bonchev–Trinajstić information content (AvgIpc) is 3.23. The highest BCUT2D eigenvalue weighted by Crippen LogP contribution is 2.28. The molecule has 20 heavy (non-hydrogen) atoms. The summed E-state index contributed by atoms with van der Waals surface area (Å²) in [5.41, 5.74) is 0. The van der Waals surface area contributed by atoms with Crippen LogP contribution in [0.25, 0.3) is 0 Å². The van der Waals surface area contributed by atoms with Crippen molar-refractivity contribution < 1.29 is 9.47 Å². The minimum atomic E-state index is 0.409. The van der Waals surface area contributed by atoms with Crippen molar-refractivity contribution in [2.75, 3.05) is 44.0 Å². The number of anilines is 2. The third-order valence-electron chi connectivity index (χ3n) is 3.01. The topological polar surface area (TPSA) is 68.3 Å². The molecule has 1 aliphatic carbocycles. The van der Waals surface area contributed by atoms with E-state index in [0.717, 1.165) is 37.3 Å². The van der Waals surface area contributed by atoms with Crippen molar-refractivity contribution in [3.8, 4) is 0 Å². The van der Waals surface area contributed by atoms with Crippen LogP contribution >= 0.6 is 0 Å². The molecule has 1 fully saturated rings. The molecular formula is C14H24N4O2. The first-order valence-corrected chi connectivity index (χ1v) is 7.24. The minimum Gasteiger partial charge on any atom is -0.379 e. The van der Waals surface area contributed by atoms with Crippen molar-refractivity contribution in [3.63, 3.8) is 0 Å². The van der Waals surface area contributed by atoms with Crippen LogP contribution in [0.5, 0.6) is 0 Å². The molecule has 1 aromatic heterocycles. The van der Waals surface area contributed by atoms with E-state index < -0.39 is 0 Å². The zero-order valence-electron chi connectivity index (χ0n) is 12.3. The van der Waals surface area contributed by atoms with Crippen LogP contribution in [0.15, 0.2) is 6.07 Å². The van der Waals surface area contributed by atoms with Crippen molar-refractivity contribution in [2.45, 2.75) is 26.4 Å². The zero-order chi connectivity index (χ0) is 14.2. The maximum Gasteiger partial charge on any atom is 0.158 e. The highest BCUT2D eigenvalue weighted by Gasteiger charge is 2.20. The lowest BCUT2D eigenvalue weighted by atomic mass is 10.4. The SMILES string of the molecule is CCNc1cc(NCCOCC2CC2)nc(COC)n1. The predicted molar refractivity (Wildman–Crippen MR) is 78.9 cm³/mol. The molecule has 0 atom stereocenters. The maximum absolute atomic E-state index is 5.59. The fourth-order valence-electron chi connectivity index (χ4n) is 1.84. The van der Waals surface area contributed by atoms with Gasteiger partial charge in [-0.05, 0) is 25.7 Å². The molecule has 6 nitrogen and oxygen atoms in total. The molecule has 2 N–H and O–H groups in total. The third kappa shape index (κ3) is 5.30. The first-order valence-electron chi connectivity index (χ1n) is 7.24. The van der Waals surface area contributed by atoms with Gasteiger partial charge in [-0.25, -0.2) is 9.97 Å². The molecule has 1 saturated carbocycles. The number of methoxy groups -OCH3 is 1. The second kappa shape index (κ2) is 8.01. The number of nitrogens with zero attached hydrogens (tertiary/aromatic N) is 2. The molecular weight excluding hydrogens is 256 g/mol. The van der Waals surface area contributed by atoms with Gasteiger partial charge >= 0.3 is 0 Å². The Morgan fingerprint density at radius 3 is 2.65 bits per heavy atom. The monoisotopic (exact) mass is 280 g/mol. The minimum absolute atomic E-state index is 0.409. The zero-order valence-corrected chi connectivity index (χ0v) is 12.3. The van der Waals surface area contributed by atoms with Gasteiger partial charge in [-0.1, -0.05) is 0 Å². The summed E-state index contributed by atoms with van der Waals surface area (Å²) in [5, 5.41) is 6.46. The quantitative estimate of drug-likeness (QED) is 0.638. The number of nitrogens with one attached hydrogen (secondary N) is 2. The van der Waals surface area contributed by atoms with Gasteiger partial charge in [0.25, 0.3) is 0 Å². The number of hydrogen-bond acceptors (Lipinski definition) is 6. The Balaban J connectivity index is 1.80. The van der Waals surface area contributed by atoms with Crippen LogP contribution in [0.1, 0.15) is 25.6 Å². The molecule has 1 aliphatic rings.